The van der Waals surface area contributed by atoms with E-state index >= 15 is 0 Å². The minimum absolute atomic E-state index is 0.243. The number of allylic oxidation sites excluding steroid dienone is 4. The van der Waals surface area contributed by atoms with E-state index < -0.39 is 84.3 Å². The van der Waals surface area contributed by atoms with Crippen molar-refractivity contribution >= 4 is 5.57 Å². The van der Waals surface area contributed by atoms with Gasteiger partial charge in [0.1, 0.15) is 0 Å². The first kappa shape index (κ1) is 3.71. The first-order chi connectivity index (χ1) is 14.2. The van der Waals surface area contributed by atoms with Gasteiger partial charge in [-0.2, -0.15) is 0 Å². The van der Waals surface area contributed by atoms with E-state index in [1.165, 1.54) is 0 Å². The normalized spacial score (nSPS) is 32.6. The molecule has 1 aliphatic carbocycles. The molecule has 2 aromatic carbocycles. The summed E-state index contributed by atoms with van der Waals surface area (Å²) in [6, 6.07) is -4.82. The molecule has 0 amide bonds. The lowest BCUT2D eigenvalue weighted by Crippen LogP contribution is -1.88. The maximum atomic E-state index is 8.37. The van der Waals surface area contributed by atoms with Crippen molar-refractivity contribution in [1.82, 2.24) is 0 Å². The number of rotatable bonds is 2. The summed E-state index contributed by atoms with van der Waals surface area (Å²) in [7, 11) is 0. The monoisotopic (exact) mass is 245 g/mol. The molecule has 1 aliphatic rings. The molecular weight excluding hydrogens is 216 g/mol. The van der Waals surface area contributed by atoms with Crippen molar-refractivity contribution in [3.8, 4) is 11.1 Å². The van der Waals surface area contributed by atoms with Crippen LogP contribution in [0, 0.1) is 0 Å². The van der Waals surface area contributed by atoms with Crippen LogP contribution in [0.2, 0.25) is 0 Å². The Labute approximate surface area is 127 Å². The number of benzene rings is 2. The molecule has 18 heavy (non-hydrogen) atoms. The highest BCUT2D eigenvalue weighted by Gasteiger charge is 2.03. The van der Waals surface area contributed by atoms with Gasteiger partial charge < -0.3 is 0 Å². The molecule has 0 spiro atoms. The molecule has 0 N–H and O–H groups in total. The van der Waals surface area contributed by atoms with Crippen molar-refractivity contribution in [3.63, 3.8) is 0 Å². The topological polar surface area (TPSA) is 0 Å². The van der Waals surface area contributed by atoms with Crippen LogP contribution in [0.5, 0.6) is 0 Å². The fourth-order valence-corrected chi connectivity index (χ4v) is 1.44. The standard InChI is InChI=1S/C18H16/c1-3-7-15(8-4-1)17-11-13-18(14-12-17)16-9-5-2-6-10-16/h1-5,7-9,11-14H,6,10H2/i1D,2D,3D,4D,6D,7D,9D,10D2,11D,12D,13D,14D. The molecule has 0 aliphatic heterocycles. The van der Waals surface area contributed by atoms with Gasteiger partial charge in [-0.3, -0.25) is 0 Å². The average molecular weight is 245 g/mol. The molecule has 0 nitrogen and oxygen atoms in total. The average Bonchev–Trinajstić information content (AvgIpc) is 2.69. The highest BCUT2D eigenvalue weighted by molar-refractivity contribution is 5.71. The van der Waals surface area contributed by atoms with Crippen LogP contribution in [0.15, 0.2) is 72.6 Å². The second kappa shape index (κ2) is 5.05. The predicted molar refractivity (Wildman–Crippen MR) is 78.2 cm³/mol. The van der Waals surface area contributed by atoms with Crippen LogP contribution in [0.25, 0.3) is 16.7 Å². The molecule has 88 valence electrons. The molecule has 0 radical (unpaired) electrons. The third-order valence-corrected chi connectivity index (χ3v) is 2.29. The Morgan fingerprint density at radius 3 is 2.61 bits per heavy atom. The van der Waals surface area contributed by atoms with Crippen LogP contribution in [-0.2, 0) is 0 Å². The number of hydrogen-bond donors (Lipinski definition) is 0. The Morgan fingerprint density at radius 1 is 0.889 bits per heavy atom. The van der Waals surface area contributed by atoms with E-state index in [0.717, 1.165) is 12.1 Å². The predicted octanol–water partition coefficient (Wildman–Crippen LogP) is 5.09. The Kier molecular flexibility index (Phi) is 1.04. The van der Waals surface area contributed by atoms with Gasteiger partial charge >= 0.3 is 0 Å². The van der Waals surface area contributed by atoms with Crippen LogP contribution < -0.4 is 0 Å². The minimum atomic E-state index is -2.62. The second-order valence-electron chi connectivity index (χ2n) is 3.45. The van der Waals surface area contributed by atoms with Gasteiger partial charge in [-0.15, -0.1) is 0 Å². The fraction of sp³-hybridized carbons (Fsp3) is 0.111. The molecule has 0 fully saturated rings. The molecule has 0 aromatic heterocycles. The zero-order chi connectivity index (χ0) is 23.6. The fourth-order valence-electron chi connectivity index (χ4n) is 1.44. The van der Waals surface area contributed by atoms with Crippen molar-refractivity contribution in [2.75, 3.05) is 0 Å². The Balaban J connectivity index is 2.41. The van der Waals surface area contributed by atoms with Crippen LogP contribution in [0.4, 0.5) is 0 Å². The van der Waals surface area contributed by atoms with E-state index in [-0.39, 0.29) is 11.1 Å². The first-order valence-electron chi connectivity index (χ1n) is 11.8. The molecule has 0 bridgehead atoms. The SMILES string of the molecule is [2H]C1=CC([2H])=C(c2c([2H])c([2H])c(-c3cc([2H])c([2H])c([2H])c3[2H])c([2H])c2[2H])C([2H])([2H])C1[2H]. The Hall–Kier alpha value is -2.08. The largest absolute Gasteiger partial charge is 0.0842 e. The molecule has 1 atom stereocenters. The zero-order valence-electron chi connectivity index (χ0n) is 22.2. The third-order valence-electron chi connectivity index (χ3n) is 2.29. The van der Waals surface area contributed by atoms with Gasteiger partial charge in [0.05, 0.1) is 13.7 Å². The summed E-state index contributed by atoms with van der Waals surface area (Å²) in [5.41, 5.74) is -1.68. The first-order valence-corrected chi connectivity index (χ1v) is 5.23. The second-order valence-corrected chi connectivity index (χ2v) is 3.45. The maximum absolute atomic E-state index is 8.37. The molecule has 2 aromatic rings. The van der Waals surface area contributed by atoms with Gasteiger partial charge in [-0.25, -0.2) is 0 Å². The Bertz CT molecular complexity index is 1150. The molecule has 0 saturated carbocycles. The van der Waals surface area contributed by atoms with E-state index in [4.69, 9.17) is 17.8 Å². The van der Waals surface area contributed by atoms with Crippen molar-refractivity contribution < 1.29 is 17.8 Å². The van der Waals surface area contributed by atoms with Crippen molar-refractivity contribution in [1.29, 1.82) is 0 Å². The Morgan fingerprint density at radius 2 is 1.72 bits per heavy atom. The van der Waals surface area contributed by atoms with Crippen LogP contribution in [0.1, 0.15) is 36.2 Å². The highest BCUT2D eigenvalue weighted by atomic mass is 14.1. The molecule has 1 unspecified atom stereocenters. The van der Waals surface area contributed by atoms with E-state index in [1.54, 1.807) is 0 Å². The summed E-state index contributed by atoms with van der Waals surface area (Å²) >= 11 is 0. The lowest BCUT2D eigenvalue weighted by atomic mass is 9.95. The zero-order valence-corrected chi connectivity index (χ0v) is 9.23. The molecule has 0 heteroatoms. The van der Waals surface area contributed by atoms with Crippen molar-refractivity contribution in [3.05, 3.63) is 78.1 Å². The lowest BCUT2D eigenvalue weighted by Gasteiger charge is -2.10. The molecule has 0 saturated heterocycles. The molecule has 0 heterocycles. The highest BCUT2D eigenvalue weighted by Crippen LogP contribution is 2.26. The van der Waals surface area contributed by atoms with Gasteiger partial charge in [0, 0.05) is 4.11 Å². The van der Waals surface area contributed by atoms with E-state index in [2.05, 4.69) is 0 Å². The summed E-state index contributed by atoms with van der Waals surface area (Å²) in [5.74, 6) is 0. The van der Waals surface area contributed by atoms with Crippen molar-refractivity contribution in [2.24, 2.45) is 0 Å². The van der Waals surface area contributed by atoms with Gasteiger partial charge in [0.2, 0.25) is 0 Å². The quantitative estimate of drug-likeness (QED) is 0.691. The van der Waals surface area contributed by atoms with Crippen LogP contribution in [0.3, 0.4) is 0 Å². The molecular formula is C18H16. The summed E-state index contributed by atoms with van der Waals surface area (Å²) in [6.07, 6.45) is -3.41. The number of hydrogen-bond acceptors (Lipinski definition) is 0. The van der Waals surface area contributed by atoms with Gasteiger partial charge in [0.25, 0.3) is 0 Å². The lowest BCUT2D eigenvalue weighted by molar-refractivity contribution is 1.05. The maximum Gasteiger partial charge on any atom is 0.0629 e. The van der Waals surface area contributed by atoms with Crippen LogP contribution in [-0.4, -0.2) is 0 Å². The summed E-state index contributed by atoms with van der Waals surface area (Å²) in [5, 5.41) is 0. The summed E-state index contributed by atoms with van der Waals surface area (Å²) < 4.78 is 105. The molecule has 3 rings (SSSR count). The summed E-state index contributed by atoms with van der Waals surface area (Å²) in [4.78, 5) is 0. The van der Waals surface area contributed by atoms with Gasteiger partial charge in [-0.05, 0) is 35.0 Å². The minimum Gasteiger partial charge on any atom is -0.0842 e. The summed E-state index contributed by atoms with van der Waals surface area (Å²) in [6.45, 7) is 0. The van der Waals surface area contributed by atoms with Crippen molar-refractivity contribution in [2.45, 2.75) is 12.8 Å². The van der Waals surface area contributed by atoms with Gasteiger partial charge in [-0.1, -0.05) is 72.6 Å². The third kappa shape index (κ3) is 2.28. The van der Waals surface area contributed by atoms with E-state index in [0.29, 0.717) is 0 Å². The van der Waals surface area contributed by atoms with E-state index in [9.17, 15) is 0 Å². The van der Waals surface area contributed by atoms with Gasteiger partial charge in [0.15, 0.2) is 0 Å². The van der Waals surface area contributed by atoms with Crippen LogP contribution >= 0.6 is 0 Å². The van der Waals surface area contributed by atoms with E-state index in [1.807, 2.05) is 0 Å². The smallest absolute Gasteiger partial charge is 0.0629 e.